The molecule has 0 spiro atoms. The molecule has 12 heavy (non-hydrogen) atoms. The Bertz CT molecular complexity index is 115. The Morgan fingerprint density at radius 2 is 1.08 bits per heavy atom. The summed E-state index contributed by atoms with van der Waals surface area (Å²) in [6.45, 7) is 9.71. The Kier molecular flexibility index (Phi) is 4.68. The van der Waals surface area contributed by atoms with Gasteiger partial charge in [0.1, 0.15) is 0 Å². The third kappa shape index (κ3) is 3.07. The van der Waals surface area contributed by atoms with Gasteiger partial charge in [0.2, 0.25) is 0 Å². The maximum atomic E-state index is 2.59. The van der Waals surface area contributed by atoms with Crippen molar-refractivity contribution in [3.8, 4) is 0 Å². The van der Waals surface area contributed by atoms with Crippen LogP contribution in [0.15, 0.2) is 0 Å². The van der Waals surface area contributed by atoms with Crippen LogP contribution < -0.4 is 0 Å². The fraction of sp³-hybridized carbons (Fsp3) is 1.00. The molecule has 4 atom stereocenters. The van der Waals surface area contributed by atoms with Gasteiger partial charge in [-0.05, 0) is 0 Å². The molecule has 0 aromatic rings. The summed E-state index contributed by atoms with van der Waals surface area (Å²) in [4.78, 5) is 6.76. The molecule has 0 aromatic carbocycles. The van der Waals surface area contributed by atoms with E-state index in [0.717, 1.165) is 9.66 Å². The summed E-state index contributed by atoms with van der Waals surface area (Å²) in [5, 5.41) is 0. The molecule has 0 radical (unpaired) electrons. The van der Waals surface area contributed by atoms with Crippen LogP contribution in [0.5, 0.6) is 0 Å². The molecule has 1 fully saturated rings. The molecular formula is C8H20As2N2. The Morgan fingerprint density at radius 1 is 0.833 bits per heavy atom. The summed E-state index contributed by atoms with van der Waals surface area (Å²) in [6.07, 6.45) is 0. The van der Waals surface area contributed by atoms with E-state index >= 15 is 0 Å². The van der Waals surface area contributed by atoms with Crippen LogP contribution in [0, 0.1) is 0 Å². The normalized spacial score (nSPS) is 27.0. The van der Waals surface area contributed by atoms with Crippen molar-refractivity contribution in [2.75, 3.05) is 26.2 Å². The van der Waals surface area contributed by atoms with E-state index in [9.17, 15) is 0 Å². The molecule has 0 aromatic heterocycles. The van der Waals surface area contributed by atoms with Crippen molar-refractivity contribution in [2.24, 2.45) is 0 Å². The zero-order valence-electron chi connectivity index (χ0n) is 8.03. The molecule has 2 nitrogen and oxygen atoms in total. The van der Waals surface area contributed by atoms with Crippen molar-refractivity contribution >= 4 is 33.7 Å². The van der Waals surface area contributed by atoms with Gasteiger partial charge in [-0.3, -0.25) is 0 Å². The van der Waals surface area contributed by atoms with Gasteiger partial charge in [0.05, 0.1) is 0 Å². The molecule has 4 unspecified atom stereocenters. The zero-order chi connectivity index (χ0) is 9.14. The van der Waals surface area contributed by atoms with Crippen molar-refractivity contribution in [3.63, 3.8) is 0 Å². The average molecular weight is 294 g/mol. The summed E-state index contributed by atoms with van der Waals surface area (Å²) >= 11 is 3.70. The van der Waals surface area contributed by atoms with Crippen molar-refractivity contribution in [1.29, 1.82) is 0 Å². The van der Waals surface area contributed by atoms with Crippen molar-refractivity contribution < 1.29 is 0 Å². The van der Waals surface area contributed by atoms with Gasteiger partial charge in [-0.15, -0.1) is 0 Å². The Balaban J connectivity index is 2.30. The van der Waals surface area contributed by atoms with Gasteiger partial charge in [0, 0.05) is 0 Å². The topological polar surface area (TPSA) is 6.48 Å². The molecule has 0 bridgehead atoms. The summed E-state index contributed by atoms with van der Waals surface area (Å²) < 4.78 is 0. The summed E-state index contributed by atoms with van der Waals surface area (Å²) in [6, 6.07) is 0. The molecule has 72 valence electrons. The average Bonchev–Trinajstić information content (AvgIpc) is 2.04. The Morgan fingerprint density at radius 3 is 1.25 bits per heavy atom. The second-order valence-electron chi connectivity index (χ2n) is 3.55. The molecule has 0 N–H and O–H groups in total. The van der Waals surface area contributed by atoms with E-state index in [0.29, 0.717) is 0 Å². The Labute approximate surface area is 93.0 Å². The number of piperazine rings is 1. The monoisotopic (exact) mass is 294 g/mol. The standard InChI is InChI=1S/C8H20As2N2/c1-7(9)11-3-5-12(6-4-11)8(2)10/h7-8H,3-6,9-10H2,1-2H3. The van der Waals surface area contributed by atoms with Crippen molar-refractivity contribution in [2.45, 2.75) is 23.5 Å². The quantitative estimate of drug-likeness (QED) is 0.576. The van der Waals surface area contributed by atoms with Crippen molar-refractivity contribution in [3.05, 3.63) is 0 Å². The van der Waals surface area contributed by atoms with E-state index in [1.807, 2.05) is 33.7 Å². The molecule has 0 aliphatic carbocycles. The third-order valence-electron chi connectivity index (χ3n) is 2.50. The van der Waals surface area contributed by atoms with Gasteiger partial charge >= 0.3 is 93.2 Å². The van der Waals surface area contributed by atoms with E-state index < -0.39 is 0 Å². The predicted octanol–water partition coefficient (Wildman–Crippen LogP) is -1.44. The first-order valence-electron chi connectivity index (χ1n) is 4.60. The van der Waals surface area contributed by atoms with Crippen LogP contribution in [-0.4, -0.2) is 79.3 Å². The summed E-state index contributed by atoms with van der Waals surface area (Å²) in [5.41, 5.74) is 0. The van der Waals surface area contributed by atoms with Crippen LogP contribution in [0.4, 0.5) is 0 Å². The first-order chi connectivity index (χ1) is 5.61. The second kappa shape index (κ2) is 5.05. The number of hydrogen-bond donors (Lipinski definition) is 0. The Hall–Kier alpha value is 1.04. The van der Waals surface area contributed by atoms with Crippen LogP contribution >= 0.6 is 0 Å². The molecule has 0 amide bonds. The van der Waals surface area contributed by atoms with Crippen LogP contribution in [0.25, 0.3) is 0 Å². The van der Waals surface area contributed by atoms with E-state index in [2.05, 4.69) is 23.6 Å². The van der Waals surface area contributed by atoms with E-state index in [-0.39, 0.29) is 0 Å². The van der Waals surface area contributed by atoms with Gasteiger partial charge < -0.3 is 0 Å². The van der Waals surface area contributed by atoms with Crippen LogP contribution in [-0.2, 0) is 0 Å². The molecule has 0 saturated carbocycles. The molecule has 1 rings (SSSR count). The van der Waals surface area contributed by atoms with E-state index in [1.54, 1.807) is 0 Å². The van der Waals surface area contributed by atoms with E-state index in [1.165, 1.54) is 26.2 Å². The second-order valence-corrected chi connectivity index (χ2v) is 7.60. The zero-order valence-corrected chi connectivity index (χ0v) is 12.9. The van der Waals surface area contributed by atoms with Gasteiger partial charge in [-0.2, -0.15) is 0 Å². The summed E-state index contributed by atoms with van der Waals surface area (Å²) in [5.74, 6) is 0. The number of hydrogen-bond acceptors (Lipinski definition) is 2. The predicted molar refractivity (Wildman–Crippen MR) is 59.2 cm³/mol. The van der Waals surface area contributed by atoms with Gasteiger partial charge in [0.15, 0.2) is 0 Å². The minimum atomic E-state index is 0.789. The molecule has 1 heterocycles. The van der Waals surface area contributed by atoms with Crippen LogP contribution in [0.2, 0.25) is 0 Å². The molecule has 4 heteroatoms. The fourth-order valence-electron chi connectivity index (χ4n) is 1.55. The first-order valence-corrected chi connectivity index (χ1v) is 7.40. The van der Waals surface area contributed by atoms with Gasteiger partial charge in [-0.1, -0.05) is 0 Å². The van der Waals surface area contributed by atoms with Gasteiger partial charge in [0.25, 0.3) is 0 Å². The molecular weight excluding hydrogens is 274 g/mol. The molecule has 1 saturated heterocycles. The first kappa shape index (κ1) is 11.1. The fourth-order valence-corrected chi connectivity index (χ4v) is 2.80. The van der Waals surface area contributed by atoms with E-state index in [4.69, 9.17) is 0 Å². The molecule has 1 aliphatic rings. The summed E-state index contributed by atoms with van der Waals surface area (Å²) in [7, 11) is 0. The maximum absolute atomic E-state index is 2.59. The minimum absolute atomic E-state index is 0.789. The van der Waals surface area contributed by atoms with Crippen LogP contribution in [0.3, 0.4) is 0 Å². The van der Waals surface area contributed by atoms with Crippen LogP contribution in [0.1, 0.15) is 13.8 Å². The third-order valence-corrected chi connectivity index (χ3v) is 4.27. The number of rotatable bonds is 2. The van der Waals surface area contributed by atoms with Gasteiger partial charge in [-0.25, -0.2) is 0 Å². The molecule has 1 aliphatic heterocycles. The SMILES string of the molecule is CC([AsH2])N1CCN(C(C)[AsH2])CC1. The number of nitrogens with zero attached hydrogens (tertiary/aromatic N) is 2. The van der Waals surface area contributed by atoms with Crippen molar-refractivity contribution in [1.82, 2.24) is 9.80 Å².